The molecule has 2 aromatic heterocycles. The Morgan fingerprint density at radius 2 is 0.565 bits per heavy atom. The Labute approximate surface area is 504 Å². The van der Waals surface area contributed by atoms with Gasteiger partial charge in [0.25, 0.3) is 0 Å². The van der Waals surface area contributed by atoms with E-state index in [2.05, 4.69) is 236 Å². The van der Waals surface area contributed by atoms with Crippen LogP contribution < -0.4 is 0 Å². The first-order chi connectivity index (χ1) is 41.8. The summed E-state index contributed by atoms with van der Waals surface area (Å²) >= 11 is 2.65. The van der Waals surface area contributed by atoms with Crippen LogP contribution in [0.3, 0.4) is 0 Å². The largest absolute Gasteiger partial charge is 0.172 e. The first kappa shape index (κ1) is 50.8. The molecule has 410 valence electrons. The van der Waals surface area contributed by atoms with Gasteiger partial charge in [-0.15, -0.1) is 0 Å². The van der Waals surface area contributed by atoms with Crippen molar-refractivity contribution >= 4 is 88.6 Å². The van der Waals surface area contributed by atoms with Gasteiger partial charge in [0, 0.05) is 38.5 Å². The third-order valence-electron chi connectivity index (χ3n) is 21.4. The van der Waals surface area contributed by atoms with Crippen LogP contribution in [0.4, 0.5) is 0 Å². The molecule has 0 aliphatic heterocycles. The third kappa shape index (κ3) is 6.57. The lowest BCUT2D eigenvalue weighted by molar-refractivity contribution is 0.473. The molecule has 17 rings (SSSR count). The van der Waals surface area contributed by atoms with Crippen molar-refractivity contribution in [2.24, 2.45) is 0 Å². The normalized spacial score (nSPS) is 14.8. The molecule has 0 atom stereocenters. The third-order valence-corrected chi connectivity index (χ3v) is 22.5. The van der Waals surface area contributed by atoms with E-state index in [0.29, 0.717) is 0 Å². The van der Waals surface area contributed by atoms with Gasteiger partial charge in [-0.2, -0.15) is 17.5 Å². The summed E-state index contributed by atoms with van der Waals surface area (Å²) in [6, 6.07) is 73.7. The zero-order valence-electron chi connectivity index (χ0n) is 48.8. The molecule has 3 aliphatic rings. The fraction of sp³-hybridized carbons (Fsp3) is 0.190. The van der Waals surface area contributed by atoms with Crippen molar-refractivity contribution in [3.63, 3.8) is 0 Å². The summed E-state index contributed by atoms with van der Waals surface area (Å²) in [5.41, 5.74) is 30.2. The molecule has 0 saturated carbocycles. The SMILES string of the molecule is CCC1(CC)c2ccccc2-c2c1c1c(c3c2C(CC)(CC)c2cc(-c4ccc(-c5c6ccccc6cc6ccccc56)c5nsnc45)ccc2-3)C(CC)(CC)c2cc(-c3ccc(-c4c5ccccc5cc5ccccc45)c4nsnc34)ccc2-1. The van der Waals surface area contributed by atoms with Crippen molar-refractivity contribution in [3.8, 4) is 77.9 Å². The highest BCUT2D eigenvalue weighted by Crippen LogP contribution is 2.71. The van der Waals surface area contributed by atoms with Crippen LogP contribution in [0.2, 0.25) is 0 Å². The van der Waals surface area contributed by atoms with Crippen molar-refractivity contribution in [1.82, 2.24) is 17.5 Å². The molecular weight excluding hydrogens is 1070 g/mol. The zero-order valence-corrected chi connectivity index (χ0v) is 50.5. The van der Waals surface area contributed by atoms with Crippen molar-refractivity contribution in [2.45, 2.75) is 96.3 Å². The van der Waals surface area contributed by atoms with E-state index in [4.69, 9.17) is 17.5 Å². The summed E-state index contributed by atoms with van der Waals surface area (Å²) in [5, 5.41) is 9.83. The second-order valence-corrected chi connectivity index (χ2v) is 25.4. The molecule has 0 amide bonds. The predicted octanol–water partition coefficient (Wildman–Crippen LogP) is 22.2. The smallest absolute Gasteiger partial charge is 0.113 e. The standard InChI is InChI=1S/C79H62N4S2/c1-7-77(8-2)62-32-22-21-31-57(62)67-70(77)68-58-35-33-49(55-37-39-60(75-73(55)80-84-82-75)65-51-27-17-13-23-45(51)41-46-24-14-18-28-52(46)65)43-63(58)79(11-5,12-6)72(68)69-59-36-34-50(44-64(59)78(9-3,10-4)71(67)69)56-38-40-61(76-74(56)81-85-83-76)66-53-29-19-15-25-47(53)42-48-26-16-20-30-54(48)66/h13-44H,7-12H2,1-6H3. The highest BCUT2D eigenvalue weighted by atomic mass is 32.1. The zero-order chi connectivity index (χ0) is 57.1. The molecule has 0 unspecified atom stereocenters. The number of aromatic nitrogens is 4. The van der Waals surface area contributed by atoms with E-state index in [1.165, 1.54) is 139 Å². The topological polar surface area (TPSA) is 51.6 Å². The van der Waals surface area contributed by atoms with Gasteiger partial charge in [0.1, 0.15) is 22.1 Å². The molecule has 0 saturated heterocycles. The minimum atomic E-state index is -0.267. The summed E-state index contributed by atoms with van der Waals surface area (Å²) in [6.45, 7) is 14.8. The van der Waals surface area contributed by atoms with E-state index in [1.807, 2.05) is 0 Å². The Morgan fingerprint density at radius 1 is 0.271 bits per heavy atom. The second-order valence-electron chi connectivity index (χ2n) is 24.3. The Bertz CT molecular complexity index is 4870. The Morgan fingerprint density at radius 3 is 0.941 bits per heavy atom. The highest BCUT2D eigenvalue weighted by molar-refractivity contribution is 7.00. The number of hydrogen-bond acceptors (Lipinski definition) is 6. The maximum Gasteiger partial charge on any atom is 0.113 e. The molecule has 14 aromatic rings. The molecule has 85 heavy (non-hydrogen) atoms. The molecule has 0 bridgehead atoms. The fourth-order valence-corrected chi connectivity index (χ4v) is 18.5. The van der Waals surface area contributed by atoms with Crippen LogP contribution in [0.1, 0.15) is 113 Å². The number of rotatable bonds is 10. The van der Waals surface area contributed by atoms with Crippen LogP contribution in [0.5, 0.6) is 0 Å². The summed E-state index contributed by atoms with van der Waals surface area (Å²) in [4.78, 5) is 0. The molecular formula is C79H62N4S2. The first-order valence-corrected chi connectivity index (χ1v) is 32.3. The van der Waals surface area contributed by atoms with Crippen LogP contribution in [0.15, 0.2) is 194 Å². The van der Waals surface area contributed by atoms with Crippen LogP contribution in [-0.2, 0) is 16.2 Å². The summed E-state index contributed by atoms with van der Waals surface area (Å²) < 4.78 is 20.6. The van der Waals surface area contributed by atoms with Crippen LogP contribution in [0, 0.1) is 0 Å². The molecule has 0 fully saturated rings. The lowest BCUT2D eigenvalue weighted by Gasteiger charge is -2.37. The molecule has 0 radical (unpaired) electrons. The van der Waals surface area contributed by atoms with Gasteiger partial charge in [-0.25, -0.2) is 0 Å². The number of fused-ring (bicyclic) bond motifs is 18. The second kappa shape index (κ2) is 18.7. The average Bonchev–Trinajstić information content (AvgIpc) is 1.50. The van der Waals surface area contributed by atoms with Gasteiger partial charge in [0.05, 0.1) is 23.5 Å². The summed E-state index contributed by atoms with van der Waals surface area (Å²) in [6.07, 6.45) is 5.96. The van der Waals surface area contributed by atoms with E-state index in [9.17, 15) is 0 Å². The maximum atomic E-state index is 5.18. The van der Waals surface area contributed by atoms with Gasteiger partial charge in [-0.1, -0.05) is 211 Å². The van der Waals surface area contributed by atoms with Crippen molar-refractivity contribution in [3.05, 3.63) is 228 Å². The van der Waals surface area contributed by atoms with E-state index in [0.717, 1.165) is 82.8 Å². The molecule has 6 heteroatoms. The van der Waals surface area contributed by atoms with Gasteiger partial charge in [-0.05, 0) is 195 Å². The van der Waals surface area contributed by atoms with Gasteiger partial charge < -0.3 is 0 Å². The van der Waals surface area contributed by atoms with Crippen LogP contribution in [0.25, 0.3) is 143 Å². The van der Waals surface area contributed by atoms with Crippen LogP contribution >= 0.6 is 23.5 Å². The number of hydrogen-bond donors (Lipinski definition) is 0. The predicted molar refractivity (Wildman–Crippen MR) is 361 cm³/mol. The molecule has 12 aromatic carbocycles. The highest BCUT2D eigenvalue weighted by Gasteiger charge is 2.56. The summed E-state index contributed by atoms with van der Waals surface area (Å²) in [5.74, 6) is 0. The number of benzene rings is 12. The van der Waals surface area contributed by atoms with E-state index < -0.39 is 0 Å². The first-order valence-electron chi connectivity index (χ1n) is 30.8. The van der Waals surface area contributed by atoms with Gasteiger partial charge in [-0.3, -0.25) is 0 Å². The van der Waals surface area contributed by atoms with E-state index >= 15 is 0 Å². The van der Waals surface area contributed by atoms with Crippen molar-refractivity contribution in [2.75, 3.05) is 0 Å². The minimum absolute atomic E-state index is 0.161. The minimum Gasteiger partial charge on any atom is -0.172 e. The lowest BCUT2D eigenvalue weighted by atomic mass is 9.65. The maximum absolute atomic E-state index is 5.18. The van der Waals surface area contributed by atoms with E-state index in [1.54, 1.807) is 16.7 Å². The summed E-state index contributed by atoms with van der Waals surface area (Å²) in [7, 11) is 0. The molecule has 0 spiro atoms. The fourth-order valence-electron chi connectivity index (χ4n) is 17.3. The van der Waals surface area contributed by atoms with Gasteiger partial charge in [0.15, 0.2) is 0 Å². The Kier molecular flexibility index (Phi) is 11.2. The van der Waals surface area contributed by atoms with Crippen molar-refractivity contribution in [1.29, 1.82) is 0 Å². The molecule has 4 nitrogen and oxygen atoms in total. The van der Waals surface area contributed by atoms with Gasteiger partial charge in [0.2, 0.25) is 0 Å². The number of nitrogens with zero attached hydrogens (tertiary/aromatic N) is 4. The Hall–Kier alpha value is -8.68. The van der Waals surface area contributed by atoms with Crippen molar-refractivity contribution < 1.29 is 0 Å². The molecule has 2 heterocycles. The molecule has 0 N–H and O–H groups in total. The average molecular weight is 1130 g/mol. The Balaban J connectivity index is 0.892. The monoisotopic (exact) mass is 1130 g/mol. The lowest BCUT2D eigenvalue weighted by Crippen LogP contribution is -2.29. The quantitative estimate of drug-likeness (QED) is 0.128. The van der Waals surface area contributed by atoms with Gasteiger partial charge >= 0.3 is 0 Å². The van der Waals surface area contributed by atoms with E-state index in [-0.39, 0.29) is 16.2 Å². The molecule has 3 aliphatic carbocycles. The van der Waals surface area contributed by atoms with Crippen LogP contribution in [-0.4, -0.2) is 17.5 Å².